The van der Waals surface area contributed by atoms with Crippen LogP contribution in [0.2, 0.25) is 10.3 Å². The van der Waals surface area contributed by atoms with Crippen LogP contribution in [-0.4, -0.2) is 60.9 Å². The van der Waals surface area contributed by atoms with Gasteiger partial charge in [-0.05, 0) is 120 Å². The maximum Gasteiger partial charge on any atom is 0.220 e. The van der Waals surface area contributed by atoms with E-state index in [-0.39, 0.29) is 0 Å². The molecule has 7 aromatic rings. The highest BCUT2D eigenvalue weighted by atomic mass is 35.5. The van der Waals surface area contributed by atoms with Gasteiger partial charge in [0.05, 0.1) is 18.5 Å². The number of anilines is 2. The Hall–Kier alpha value is -6.25. The first-order valence-electron chi connectivity index (χ1n) is 17.6. The van der Waals surface area contributed by atoms with Crippen molar-refractivity contribution < 1.29 is 4.74 Å². The number of ether oxygens (including phenoxy) is 1. The maximum absolute atomic E-state index is 5.53. The Morgan fingerprint density at radius 1 is 0.526 bits per heavy atom. The van der Waals surface area contributed by atoms with Crippen LogP contribution in [0.15, 0.2) is 117 Å². The fraction of sp³-hybridized carbons (Fsp3) is 0.244. The van der Waals surface area contributed by atoms with Crippen molar-refractivity contribution in [1.82, 2.24) is 54.8 Å². The maximum atomic E-state index is 5.53. The van der Waals surface area contributed by atoms with Crippen LogP contribution in [-0.2, 0) is 0 Å². The molecule has 1 aliphatic carbocycles. The summed E-state index contributed by atoms with van der Waals surface area (Å²) in [6.45, 7) is 13.6. The van der Waals surface area contributed by atoms with E-state index in [4.69, 9.17) is 39.4 Å². The zero-order chi connectivity index (χ0) is 41.8. The molecule has 7 heterocycles. The van der Waals surface area contributed by atoms with Gasteiger partial charge in [0.25, 0.3) is 0 Å². The summed E-state index contributed by atoms with van der Waals surface area (Å²) in [5.41, 5.74) is 16.9. The van der Waals surface area contributed by atoms with Gasteiger partial charge < -0.3 is 16.2 Å². The quantitative estimate of drug-likeness (QED) is 0.158. The van der Waals surface area contributed by atoms with Crippen LogP contribution in [0.25, 0.3) is 0 Å². The SMILES string of the molecule is Cc1ccc(Cl)nc1.Cc1cccnc1.Cc1ccnc(Cl)c1.Cc1ccnc(N)n1.Cc1ccncn1.Cc1cnc(N)nc1.Cc1ncc(OC2CC2)cn1. The smallest absolute Gasteiger partial charge is 0.220 e. The summed E-state index contributed by atoms with van der Waals surface area (Å²) in [4.78, 5) is 42.2. The zero-order valence-corrected chi connectivity index (χ0v) is 34.7. The van der Waals surface area contributed by atoms with Crippen LogP contribution in [0.5, 0.6) is 5.75 Å². The van der Waals surface area contributed by atoms with Crippen molar-refractivity contribution in [3.05, 3.63) is 167 Å². The summed E-state index contributed by atoms with van der Waals surface area (Å²) in [5.74, 6) is 2.24. The number of hydrogen-bond acceptors (Lipinski definition) is 14. The first-order chi connectivity index (χ1) is 27.3. The Morgan fingerprint density at radius 2 is 1.18 bits per heavy atom. The van der Waals surface area contributed by atoms with Crippen molar-refractivity contribution in [1.29, 1.82) is 0 Å². The average Bonchev–Trinajstić information content (AvgIpc) is 4.01. The Balaban J connectivity index is 0.000000231. The highest BCUT2D eigenvalue weighted by Gasteiger charge is 2.23. The third-order valence-corrected chi connectivity index (χ3v) is 6.93. The lowest BCUT2D eigenvalue weighted by molar-refractivity contribution is 0.300. The van der Waals surface area contributed by atoms with E-state index >= 15 is 0 Å². The number of aromatic nitrogens is 11. The molecule has 7 aromatic heterocycles. The summed E-state index contributed by atoms with van der Waals surface area (Å²) in [7, 11) is 0. The molecular formula is C41H49Cl2N13O. The summed E-state index contributed by atoms with van der Waals surface area (Å²) in [6.07, 6.45) is 21.5. The number of rotatable bonds is 2. The largest absolute Gasteiger partial charge is 0.487 e. The lowest BCUT2D eigenvalue weighted by Crippen LogP contribution is -1.97. The molecule has 0 aromatic carbocycles. The van der Waals surface area contributed by atoms with Gasteiger partial charge in [-0.25, -0.2) is 49.8 Å². The minimum atomic E-state index is 0.329. The van der Waals surface area contributed by atoms with Crippen LogP contribution in [0.1, 0.15) is 52.3 Å². The molecule has 1 aliphatic rings. The molecule has 57 heavy (non-hydrogen) atoms. The number of hydrogen-bond donors (Lipinski definition) is 2. The molecule has 0 saturated heterocycles. The first-order valence-corrected chi connectivity index (χ1v) is 18.3. The van der Waals surface area contributed by atoms with Gasteiger partial charge in [-0.2, -0.15) is 0 Å². The fourth-order valence-corrected chi connectivity index (χ4v) is 3.79. The molecule has 0 spiro atoms. The molecule has 0 aliphatic heterocycles. The molecule has 0 bridgehead atoms. The molecule has 16 heteroatoms. The van der Waals surface area contributed by atoms with Crippen LogP contribution in [0, 0.1) is 48.5 Å². The van der Waals surface area contributed by atoms with E-state index in [2.05, 4.69) is 54.8 Å². The van der Waals surface area contributed by atoms with Gasteiger partial charge in [-0.15, -0.1) is 0 Å². The summed E-state index contributed by atoms with van der Waals surface area (Å²) in [6, 6.07) is 15.0. The van der Waals surface area contributed by atoms with Crippen molar-refractivity contribution in [2.75, 3.05) is 11.5 Å². The minimum Gasteiger partial charge on any atom is -0.487 e. The predicted molar refractivity (Wildman–Crippen MR) is 226 cm³/mol. The van der Waals surface area contributed by atoms with Gasteiger partial charge in [0, 0.05) is 61.0 Å². The summed E-state index contributed by atoms with van der Waals surface area (Å²) >= 11 is 11.0. The van der Waals surface area contributed by atoms with Crippen LogP contribution < -0.4 is 16.2 Å². The van der Waals surface area contributed by atoms with E-state index in [1.165, 1.54) is 24.7 Å². The van der Waals surface area contributed by atoms with Gasteiger partial charge >= 0.3 is 0 Å². The highest BCUT2D eigenvalue weighted by molar-refractivity contribution is 6.29. The van der Waals surface area contributed by atoms with E-state index in [0.29, 0.717) is 28.3 Å². The van der Waals surface area contributed by atoms with E-state index in [1.807, 2.05) is 91.1 Å². The number of nitrogens with two attached hydrogens (primary N) is 2. The van der Waals surface area contributed by atoms with E-state index < -0.39 is 0 Å². The van der Waals surface area contributed by atoms with E-state index in [0.717, 1.165) is 39.7 Å². The minimum absolute atomic E-state index is 0.329. The molecular weight excluding hydrogens is 761 g/mol. The number of nitrogens with zero attached hydrogens (tertiary/aromatic N) is 11. The predicted octanol–water partition coefficient (Wildman–Crippen LogP) is 8.32. The number of nitrogen functional groups attached to an aromatic ring is 2. The van der Waals surface area contributed by atoms with Crippen molar-refractivity contribution in [3.63, 3.8) is 0 Å². The molecule has 1 fully saturated rings. The number of halogens is 2. The van der Waals surface area contributed by atoms with Gasteiger partial charge in [0.15, 0.2) is 5.75 Å². The van der Waals surface area contributed by atoms with Crippen LogP contribution in [0.4, 0.5) is 11.9 Å². The Bertz CT molecular complexity index is 1880. The molecule has 0 amide bonds. The number of aryl methyl sites for hydroxylation is 7. The van der Waals surface area contributed by atoms with Crippen molar-refractivity contribution in [2.24, 2.45) is 0 Å². The van der Waals surface area contributed by atoms with Crippen LogP contribution >= 0.6 is 23.2 Å². The normalized spacial score (nSPS) is 10.5. The van der Waals surface area contributed by atoms with Gasteiger partial charge in [-0.1, -0.05) is 35.3 Å². The Labute approximate surface area is 344 Å². The Kier molecular flexibility index (Phi) is 22.5. The molecule has 0 unspecified atom stereocenters. The fourth-order valence-electron chi connectivity index (χ4n) is 3.44. The molecule has 14 nitrogen and oxygen atoms in total. The van der Waals surface area contributed by atoms with E-state index in [9.17, 15) is 0 Å². The monoisotopic (exact) mass is 809 g/mol. The molecule has 0 radical (unpaired) electrons. The highest BCUT2D eigenvalue weighted by Crippen LogP contribution is 2.25. The Morgan fingerprint density at radius 3 is 1.56 bits per heavy atom. The second kappa shape index (κ2) is 27.3. The topological polar surface area (TPSA) is 203 Å². The van der Waals surface area contributed by atoms with Crippen LogP contribution in [0.3, 0.4) is 0 Å². The lowest BCUT2D eigenvalue weighted by atomic mass is 10.3. The van der Waals surface area contributed by atoms with E-state index in [1.54, 1.807) is 67.9 Å². The first kappa shape index (κ1) is 46.9. The lowest BCUT2D eigenvalue weighted by Gasteiger charge is -2.01. The summed E-state index contributed by atoms with van der Waals surface area (Å²) in [5, 5.41) is 1.11. The standard InChI is InChI=1S/C8H10N2O.2C6H6ClN.C6H7N.2C5H7N3.C5H6N2/c1-6-9-4-8(5-10-6)11-7-2-3-7;1-5-2-3-8-6(7)4-5;1-5-2-3-6(7)8-4-5;1-6-3-2-4-7-5-6;1-4-2-7-5(6)8-3-4;1-4-2-3-7-5(6)8-4;1-5-2-3-6-4-7-5/h4-5,7H,2-3H2,1H3;2*2-4H,1H3;2-5H,1H3;2*2-3H,1H3,(H2,6,7,8);2-4H,1H3. The molecule has 298 valence electrons. The second-order valence-electron chi connectivity index (χ2n) is 12.2. The zero-order valence-electron chi connectivity index (χ0n) is 33.2. The van der Waals surface area contributed by atoms with Crippen molar-refractivity contribution in [2.45, 2.75) is 67.4 Å². The van der Waals surface area contributed by atoms with Crippen molar-refractivity contribution in [3.8, 4) is 5.75 Å². The van der Waals surface area contributed by atoms with Crippen molar-refractivity contribution >= 4 is 35.1 Å². The molecule has 8 rings (SSSR count). The summed E-state index contributed by atoms with van der Waals surface area (Å²) < 4.78 is 5.46. The molecule has 1 saturated carbocycles. The molecule has 0 atom stereocenters. The van der Waals surface area contributed by atoms with Gasteiger partial charge in [0.1, 0.15) is 22.5 Å². The molecule has 4 N–H and O–H groups in total. The van der Waals surface area contributed by atoms with Gasteiger partial charge in [-0.3, -0.25) is 4.98 Å². The average molecular weight is 811 g/mol. The second-order valence-corrected chi connectivity index (χ2v) is 12.9. The number of pyridine rings is 3. The van der Waals surface area contributed by atoms with Gasteiger partial charge in [0.2, 0.25) is 11.9 Å². The third-order valence-electron chi connectivity index (χ3n) is 6.50. The third kappa shape index (κ3) is 25.5.